The minimum absolute atomic E-state index is 0.245. The Morgan fingerprint density at radius 2 is 2.29 bits per heavy atom. The summed E-state index contributed by atoms with van der Waals surface area (Å²) in [5.74, 6) is 0. The Morgan fingerprint density at radius 1 is 1.71 bits per heavy atom. The molecule has 0 aliphatic rings. The monoisotopic (exact) mass is 97.1 g/mol. The first kappa shape index (κ1) is 6.76. The van der Waals surface area contributed by atoms with Crippen molar-refractivity contribution in [3.63, 3.8) is 0 Å². The SMILES string of the molecule is BNCCC(B)=O. The van der Waals surface area contributed by atoms with Gasteiger partial charge in [0.15, 0.2) is 15.8 Å². The van der Waals surface area contributed by atoms with Crippen molar-refractivity contribution in [2.24, 2.45) is 0 Å². The summed E-state index contributed by atoms with van der Waals surface area (Å²) < 4.78 is 0. The molecule has 0 aromatic heterocycles. The van der Waals surface area contributed by atoms with Gasteiger partial charge in [0.2, 0.25) is 0 Å². The van der Waals surface area contributed by atoms with Gasteiger partial charge >= 0.3 is 0 Å². The van der Waals surface area contributed by atoms with Crippen LogP contribution < -0.4 is 5.23 Å². The third-order valence-corrected chi connectivity index (χ3v) is 0.727. The third-order valence-electron chi connectivity index (χ3n) is 0.727. The molecule has 0 aromatic rings. The molecule has 4 heteroatoms. The smallest absolute Gasteiger partial charge is 0.187 e. The minimum atomic E-state index is 0.245. The molecule has 0 bridgehead atoms. The summed E-state index contributed by atoms with van der Waals surface area (Å²) in [5.41, 5.74) is 0.245. The van der Waals surface area contributed by atoms with E-state index in [2.05, 4.69) is 5.23 Å². The van der Waals surface area contributed by atoms with Crippen LogP contribution in [0, 0.1) is 0 Å². The van der Waals surface area contributed by atoms with Gasteiger partial charge in [-0.25, -0.2) is 0 Å². The average Bonchev–Trinajstić information content (AvgIpc) is 1.61. The molecule has 0 heterocycles. The van der Waals surface area contributed by atoms with Crippen LogP contribution in [-0.2, 0) is 4.79 Å². The largest absolute Gasteiger partial charge is 0.362 e. The van der Waals surface area contributed by atoms with Gasteiger partial charge in [0, 0.05) is 6.42 Å². The van der Waals surface area contributed by atoms with Gasteiger partial charge in [-0.15, -0.1) is 0 Å². The predicted octanol–water partition coefficient (Wildman–Crippen LogP) is -2.33. The summed E-state index contributed by atoms with van der Waals surface area (Å²) >= 11 is 0. The molecule has 0 unspecified atom stereocenters. The summed E-state index contributed by atoms with van der Waals surface area (Å²) in [6.07, 6.45) is 0.649. The van der Waals surface area contributed by atoms with E-state index in [-0.39, 0.29) is 5.68 Å². The summed E-state index contributed by atoms with van der Waals surface area (Å²) in [6, 6.07) is 0. The molecule has 0 spiro atoms. The van der Waals surface area contributed by atoms with Crippen LogP contribution in [0.5, 0.6) is 0 Å². The first-order chi connectivity index (χ1) is 3.27. The zero-order chi connectivity index (χ0) is 5.70. The lowest BCUT2D eigenvalue weighted by Gasteiger charge is -1.90. The Hall–Kier alpha value is -0.240. The Balaban J connectivity index is 2.82. The summed E-state index contributed by atoms with van der Waals surface area (Å²) in [5, 5.41) is 2.88. The van der Waals surface area contributed by atoms with E-state index < -0.39 is 0 Å². The molecule has 1 N–H and O–H groups in total. The van der Waals surface area contributed by atoms with Gasteiger partial charge in [0.05, 0.1) is 5.68 Å². The normalized spacial score (nSPS) is 8.57. The van der Waals surface area contributed by atoms with Crippen LogP contribution in [0.25, 0.3) is 0 Å². The zero-order valence-corrected chi connectivity index (χ0v) is 4.82. The van der Waals surface area contributed by atoms with Crippen molar-refractivity contribution in [1.82, 2.24) is 5.23 Å². The topological polar surface area (TPSA) is 29.1 Å². The quantitative estimate of drug-likeness (QED) is 0.400. The highest BCUT2D eigenvalue weighted by Crippen LogP contribution is 1.70. The molecule has 2 nitrogen and oxygen atoms in total. The number of nitrogens with one attached hydrogen (secondary N) is 1. The molecule has 0 saturated heterocycles. The Labute approximate surface area is 45.5 Å². The van der Waals surface area contributed by atoms with Crippen molar-refractivity contribution < 1.29 is 4.79 Å². The Bertz CT molecular complexity index is 66.0. The lowest BCUT2D eigenvalue weighted by Crippen LogP contribution is -2.13. The second kappa shape index (κ2) is 3.93. The first-order valence-electron chi connectivity index (χ1n) is 2.41. The molecule has 0 radical (unpaired) electrons. The number of hydrogen-bond donors (Lipinski definition) is 1. The molecular formula is C3H9B2NO. The molecule has 0 saturated carbocycles. The van der Waals surface area contributed by atoms with E-state index in [0.29, 0.717) is 6.42 Å². The van der Waals surface area contributed by atoms with Gasteiger partial charge in [-0.05, 0) is 6.54 Å². The summed E-state index contributed by atoms with van der Waals surface area (Å²) in [7, 11) is 3.43. The standard InChI is InChI=1S/C3H9B2NO/c4-3(7)1-2-6-5/h6H,1-2,4-5H2. The number of carbonyl (C=O) groups is 1. The fourth-order valence-corrected chi connectivity index (χ4v) is 0.301. The molecule has 0 fully saturated rings. The molecule has 38 valence electrons. The molecule has 0 aromatic carbocycles. The van der Waals surface area contributed by atoms with Gasteiger partial charge in [0.1, 0.15) is 0 Å². The summed E-state index contributed by atoms with van der Waals surface area (Å²) in [6.45, 7) is 0.801. The second-order valence-electron chi connectivity index (χ2n) is 1.56. The molecule has 0 aliphatic carbocycles. The average molecular weight is 96.7 g/mol. The zero-order valence-electron chi connectivity index (χ0n) is 4.82. The van der Waals surface area contributed by atoms with E-state index in [9.17, 15) is 4.79 Å². The first-order valence-corrected chi connectivity index (χ1v) is 2.41. The van der Waals surface area contributed by atoms with E-state index in [0.717, 1.165) is 6.54 Å². The number of carbonyl (C=O) groups excluding carboxylic acids is 1. The molecular weight excluding hydrogens is 87.7 g/mol. The lowest BCUT2D eigenvalue weighted by molar-refractivity contribution is -0.111. The highest BCUT2D eigenvalue weighted by atomic mass is 16.1. The Morgan fingerprint density at radius 3 is 2.43 bits per heavy atom. The van der Waals surface area contributed by atoms with E-state index in [1.807, 2.05) is 7.98 Å². The molecule has 7 heavy (non-hydrogen) atoms. The van der Waals surface area contributed by atoms with Crippen molar-refractivity contribution in [3.8, 4) is 0 Å². The van der Waals surface area contributed by atoms with E-state index >= 15 is 0 Å². The van der Waals surface area contributed by atoms with Crippen LogP contribution >= 0.6 is 0 Å². The fraction of sp³-hybridized carbons (Fsp3) is 0.667. The van der Waals surface area contributed by atoms with Crippen molar-refractivity contribution in [2.45, 2.75) is 6.42 Å². The maximum Gasteiger partial charge on any atom is 0.187 e. The van der Waals surface area contributed by atoms with Crippen molar-refractivity contribution in [2.75, 3.05) is 6.54 Å². The van der Waals surface area contributed by atoms with Crippen molar-refractivity contribution >= 4 is 21.5 Å². The lowest BCUT2D eigenvalue weighted by atomic mass is 10.00. The third kappa shape index (κ3) is 5.76. The number of hydrogen-bond acceptors (Lipinski definition) is 2. The number of rotatable bonds is 3. The van der Waals surface area contributed by atoms with Crippen molar-refractivity contribution in [3.05, 3.63) is 0 Å². The predicted molar refractivity (Wildman–Crippen MR) is 34.7 cm³/mol. The highest BCUT2D eigenvalue weighted by Gasteiger charge is 1.86. The minimum Gasteiger partial charge on any atom is -0.362 e. The summed E-state index contributed by atoms with van der Waals surface area (Å²) in [4.78, 5) is 10.2. The van der Waals surface area contributed by atoms with Crippen LogP contribution in [-0.4, -0.2) is 28.1 Å². The van der Waals surface area contributed by atoms with Crippen LogP contribution in [0.1, 0.15) is 6.42 Å². The van der Waals surface area contributed by atoms with Crippen LogP contribution in [0.3, 0.4) is 0 Å². The molecule has 0 aliphatic heterocycles. The Kier molecular flexibility index (Phi) is 3.80. The van der Waals surface area contributed by atoms with E-state index in [1.165, 1.54) is 0 Å². The highest BCUT2D eigenvalue weighted by molar-refractivity contribution is 6.57. The molecule has 0 rings (SSSR count). The molecule has 0 amide bonds. The maximum absolute atomic E-state index is 10.2. The fourth-order valence-electron chi connectivity index (χ4n) is 0.301. The van der Waals surface area contributed by atoms with Crippen LogP contribution in [0.4, 0.5) is 0 Å². The van der Waals surface area contributed by atoms with Gasteiger partial charge < -0.3 is 10.0 Å². The van der Waals surface area contributed by atoms with Crippen molar-refractivity contribution in [1.29, 1.82) is 0 Å². The second-order valence-corrected chi connectivity index (χ2v) is 1.56. The van der Waals surface area contributed by atoms with E-state index in [1.54, 1.807) is 7.85 Å². The van der Waals surface area contributed by atoms with Gasteiger partial charge in [-0.2, -0.15) is 0 Å². The van der Waals surface area contributed by atoms with E-state index in [4.69, 9.17) is 0 Å². The van der Waals surface area contributed by atoms with Crippen LogP contribution in [0.15, 0.2) is 0 Å². The van der Waals surface area contributed by atoms with Gasteiger partial charge in [-0.1, -0.05) is 0 Å². The maximum atomic E-state index is 10.2. The van der Waals surface area contributed by atoms with Gasteiger partial charge in [0.25, 0.3) is 0 Å². The van der Waals surface area contributed by atoms with Gasteiger partial charge in [-0.3, -0.25) is 0 Å². The molecule has 0 atom stereocenters. The van der Waals surface area contributed by atoms with Crippen LogP contribution in [0.2, 0.25) is 0 Å².